The minimum absolute atomic E-state index is 0.0696. The van der Waals surface area contributed by atoms with Gasteiger partial charge in [-0.25, -0.2) is 0 Å². The molecule has 0 amide bonds. The van der Waals surface area contributed by atoms with Gasteiger partial charge in [0.1, 0.15) is 5.75 Å². The summed E-state index contributed by atoms with van der Waals surface area (Å²) in [7, 11) is 1.94. The number of benzene rings is 1. The van der Waals surface area contributed by atoms with E-state index in [0.29, 0.717) is 6.61 Å². The second-order valence-corrected chi connectivity index (χ2v) is 5.05. The van der Waals surface area contributed by atoms with E-state index in [1.54, 1.807) is 6.20 Å². The molecule has 20 heavy (non-hydrogen) atoms. The van der Waals surface area contributed by atoms with Crippen LogP contribution in [-0.2, 0) is 0 Å². The molecule has 1 unspecified atom stereocenters. The van der Waals surface area contributed by atoms with E-state index in [0.717, 1.165) is 21.9 Å². The highest BCUT2D eigenvalue weighted by atomic mass is 35.5. The van der Waals surface area contributed by atoms with Crippen molar-refractivity contribution in [2.24, 2.45) is 0 Å². The van der Waals surface area contributed by atoms with E-state index in [9.17, 15) is 0 Å². The Morgan fingerprint density at radius 2 is 2.10 bits per heavy atom. The van der Waals surface area contributed by atoms with Crippen molar-refractivity contribution in [2.45, 2.75) is 19.9 Å². The summed E-state index contributed by atoms with van der Waals surface area (Å²) in [6.07, 6.45) is 3.59. The zero-order valence-electron chi connectivity index (χ0n) is 12.0. The summed E-state index contributed by atoms with van der Waals surface area (Å²) in [6.45, 7) is 4.66. The number of rotatable bonds is 5. The van der Waals surface area contributed by atoms with Gasteiger partial charge in [-0.2, -0.15) is 0 Å². The fourth-order valence-corrected chi connectivity index (χ4v) is 2.53. The van der Waals surface area contributed by atoms with Gasteiger partial charge >= 0.3 is 0 Å². The number of pyridine rings is 1. The van der Waals surface area contributed by atoms with Crippen LogP contribution in [0.15, 0.2) is 36.7 Å². The Kier molecular flexibility index (Phi) is 4.99. The van der Waals surface area contributed by atoms with Gasteiger partial charge in [-0.3, -0.25) is 4.98 Å². The third-order valence-corrected chi connectivity index (χ3v) is 3.45. The first-order valence-electron chi connectivity index (χ1n) is 6.66. The maximum absolute atomic E-state index is 6.02. The van der Waals surface area contributed by atoms with E-state index in [-0.39, 0.29) is 6.04 Å². The largest absolute Gasteiger partial charge is 0.492 e. The van der Waals surface area contributed by atoms with Crippen molar-refractivity contribution in [2.75, 3.05) is 13.7 Å². The van der Waals surface area contributed by atoms with Crippen molar-refractivity contribution in [1.29, 1.82) is 0 Å². The molecule has 0 saturated carbocycles. The standard InChI is InChI=1S/C16H19ClN2O/c1-4-20-14-8-12(9-19-10-14)16(18-3)15-6-5-13(17)7-11(15)2/h5-10,16,18H,4H2,1-3H3. The van der Waals surface area contributed by atoms with Gasteiger partial charge in [-0.05, 0) is 55.8 Å². The fraction of sp³-hybridized carbons (Fsp3) is 0.312. The van der Waals surface area contributed by atoms with Crippen molar-refractivity contribution in [3.05, 3.63) is 58.4 Å². The van der Waals surface area contributed by atoms with Crippen LogP contribution < -0.4 is 10.1 Å². The molecule has 0 aliphatic rings. The van der Waals surface area contributed by atoms with Crippen molar-refractivity contribution in [3.63, 3.8) is 0 Å². The lowest BCUT2D eigenvalue weighted by atomic mass is 9.96. The van der Waals surface area contributed by atoms with Gasteiger partial charge < -0.3 is 10.1 Å². The van der Waals surface area contributed by atoms with Crippen LogP contribution in [0.5, 0.6) is 5.75 Å². The second-order valence-electron chi connectivity index (χ2n) is 4.61. The normalized spacial score (nSPS) is 12.2. The van der Waals surface area contributed by atoms with Crippen molar-refractivity contribution < 1.29 is 4.74 Å². The molecule has 0 saturated heterocycles. The average Bonchev–Trinajstić information content (AvgIpc) is 2.43. The molecule has 1 N–H and O–H groups in total. The molecule has 0 aliphatic heterocycles. The van der Waals surface area contributed by atoms with Crippen molar-refractivity contribution in [1.82, 2.24) is 10.3 Å². The quantitative estimate of drug-likeness (QED) is 0.910. The minimum atomic E-state index is 0.0696. The maximum Gasteiger partial charge on any atom is 0.137 e. The summed E-state index contributed by atoms with van der Waals surface area (Å²) in [5, 5.41) is 4.08. The Labute approximate surface area is 124 Å². The van der Waals surface area contributed by atoms with Crippen LogP contribution in [0.25, 0.3) is 0 Å². The lowest BCUT2D eigenvalue weighted by molar-refractivity contribution is 0.338. The summed E-state index contributed by atoms with van der Waals surface area (Å²) in [6, 6.07) is 8.02. The molecule has 0 aliphatic carbocycles. The lowest BCUT2D eigenvalue weighted by Crippen LogP contribution is -2.19. The molecule has 0 fully saturated rings. The summed E-state index contributed by atoms with van der Waals surface area (Å²) < 4.78 is 5.52. The van der Waals surface area contributed by atoms with Crippen LogP contribution in [0.2, 0.25) is 5.02 Å². The van der Waals surface area contributed by atoms with E-state index < -0.39 is 0 Å². The number of halogens is 1. The zero-order chi connectivity index (χ0) is 14.5. The highest BCUT2D eigenvalue weighted by Gasteiger charge is 2.15. The minimum Gasteiger partial charge on any atom is -0.492 e. The number of aromatic nitrogens is 1. The first-order chi connectivity index (χ1) is 9.65. The molecular formula is C16H19ClN2O. The fourth-order valence-electron chi connectivity index (χ4n) is 2.30. The molecular weight excluding hydrogens is 272 g/mol. The summed E-state index contributed by atoms with van der Waals surface area (Å²) in [4.78, 5) is 4.25. The molecule has 2 rings (SSSR count). The van der Waals surface area contributed by atoms with Crippen molar-refractivity contribution >= 4 is 11.6 Å². The van der Waals surface area contributed by atoms with Gasteiger partial charge in [0, 0.05) is 11.2 Å². The Bertz CT molecular complexity index is 586. The van der Waals surface area contributed by atoms with E-state index >= 15 is 0 Å². The van der Waals surface area contributed by atoms with Crippen LogP contribution in [0, 0.1) is 6.92 Å². The van der Waals surface area contributed by atoms with E-state index in [4.69, 9.17) is 16.3 Å². The molecule has 1 aromatic heterocycles. The second kappa shape index (κ2) is 6.73. The SMILES string of the molecule is CCOc1cncc(C(NC)c2ccc(Cl)cc2C)c1. The molecule has 2 aromatic rings. The van der Waals surface area contributed by atoms with E-state index in [1.807, 2.05) is 44.4 Å². The molecule has 1 heterocycles. The van der Waals surface area contributed by atoms with E-state index in [1.165, 1.54) is 5.56 Å². The van der Waals surface area contributed by atoms with Crippen LogP contribution in [0.4, 0.5) is 0 Å². The predicted octanol–water partition coefficient (Wildman–Crippen LogP) is 3.75. The van der Waals surface area contributed by atoms with Gasteiger partial charge in [0.05, 0.1) is 18.8 Å². The number of nitrogens with zero attached hydrogens (tertiary/aromatic N) is 1. The first-order valence-corrected chi connectivity index (χ1v) is 7.04. The number of aryl methyl sites for hydroxylation is 1. The van der Waals surface area contributed by atoms with Crippen LogP contribution >= 0.6 is 11.6 Å². The molecule has 0 bridgehead atoms. The maximum atomic E-state index is 6.02. The highest BCUT2D eigenvalue weighted by molar-refractivity contribution is 6.30. The first kappa shape index (κ1) is 14.8. The number of hydrogen-bond acceptors (Lipinski definition) is 3. The lowest BCUT2D eigenvalue weighted by Gasteiger charge is -2.20. The van der Waals surface area contributed by atoms with Crippen molar-refractivity contribution in [3.8, 4) is 5.75 Å². The van der Waals surface area contributed by atoms with Gasteiger partial charge in [-0.1, -0.05) is 17.7 Å². The van der Waals surface area contributed by atoms with Crippen LogP contribution in [0.3, 0.4) is 0 Å². The van der Waals surface area contributed by atoms with Gasteiger partial charge in [-0.15, -0.1) is 0 Å². The Morgan fingerprint density at radius 1 is 1.30 bits per heavy atom. The number of nitrogens with one attached hydrogen (secondary N) is 1. The molecule has 106 valence electrons. The average molecular weight is 291 g/mol. The molecule has 0 radical (unpaired) electrons. The summed E-state index contributed by atoms with van der Waals surface area (Å²) in [5.74, 6) is 0.789. The monoisotopic (exact) mass is 290 g/mol. The topological polar surface area (TPSA) is 34.1 Å². The number of ether oxygens (including phenoxy) is 1. The summed E-state index contributed by atoms with van der Waals surface area (Å²) >= 11 is 6.02. The third kappa shape index (κ3) is 3.30. The van der Waals surface area contributed by atoms with Crippen LogP contribution in [0.1, 0.15) is 29.7 Å². The molecule has 1 aromatic carbocycles. The zero-order valence-corrected chi connectivity index (χ0v) is 12.7. The van der Waals surface area contributed by atoms with Gasteiger partial charge in [0.2, 0.25) is 0 Å². The molecule has 1 atom stereocenters. The van der Waals surface area contributed by atoms with Crippen LogP contribution in [-0.4, -0.2) is 18.6 Å². The van der Waals surface area contributed by atoms with Gasteiger partial charge in [0.25, 0.3) is 0 Å². The number of hydrogen-bond donors (Lipinski definition) is 1. The molecule has 0 spiro atoms. The van der Waals surface area contributed by atoms with E-state index in [2.05, 4.69) is 17.2 Å². The Hall–Kier alpha value is -1.58. The summed E-state index contributed by atoms with van der Waals surface area (Å²) in [5.41, 5.74) is 3.41. The molecule has 4 heteroatoms. The smallest absolute Gasteiger partial charge is 0.137 e. The third-order valence-electron chi connectivity index (χ3n) is 3.21. The Balaban J connectivity index is 2.38. The van der Waals surface area contributed by atoms with Gasteiger partial charge in [0.15, 0.2) is 0 Å². The predicted molar refractivity (Wildman–Crippen MR) is 82.5 cm³/mol. The highest BCUT2D eigenvalue weighted by Crippen LogP contribution is 2.28. The Morgan fingerprint density at radius 3 is 2.75 bits per heavy atom. The molecule has 3 nitrogen and oxygen atoms in total.